The maximum Gasteiger partial charge on any atom is 0.263 e. The summed E-state index contributed by atoms with van der Waals surface area (Å²) in [5, 5.41) is 3.87. The fraction of sp³-hybridized carbons (Fsp3) is 0.409. The summed E-state index contributed by atoms with van der Waals surface area (Å²) in [5.74, 6) is -0.640. The molecule has 0 aliphatic carbocycles. The van der Waals surface area contributed by atoms with Crippen molar-refractivity contribution in [2.75, 3.05) is 17.7 Å². The second-order valence-electron chi connectivity index (χ2n) is 7.46. The molecular formula is C22H24FN3O3S2. The average Bonchev–Trinajstić information content (AvgIpc) is 3.35. The molecule has 1 saturated heterocycles. The molecule has 1 atom stereocenters. The number of carbonyl (C=O) groups is 1. The third-order valence-electron chi connectivity index (χ3n) is 5.28. The Bertz CT molecular complexity index is 1170. The highest BCUT2D eigenvalue weighted by Crippen LogP contribution is 2.30. The van der Waals surface area contributed by atoms with Crippen molar-refractivity contribution in [1.82, 2.24) is 9.55 Å². The lowest BCUT2D eigenvalue weighted by atomic mass is 10.1. The predicted molar refractivity (Wildman–Crippen MR) is 123 cm³/mol. The number of hydrogen-bond donors (Lipinski definition) is 1. The Balaban J connectivity index is 1.61. The third kappa shape index (κ3) is 4.83. The van der Waals surface area contributed by atoms with Gasteiger partial charge in [0.2, 0.25) is 5.91 Å². The largest absolute Gasteiger partial charge is 0.376 e. The van der Waals surface area contributed by atoms with Gasteiger partial charge in [-0.2, -0.15) is 0 Å². The van der Waals surface area contributed by atoms with Crippen LogP contribution < -0.4 is 10.9 Å². The highest BCUT2D eigenvalue weighted by Gasteiger charge is 2.23. The van der Waals surface area contributed by atoms with E-state index in [1.807, 2.05) is 13.8 Å². The average molecular weight is 462 g/mol. The Hall–Kier alpha value is -2.23. The fourth-order valence-electron chi connectivity index (χ4n) is 3.81. The molecule has 0 bridgehead atoms. The van der Waals surface area contributed by atoms with Gasteiger partial charge in [-0.1, -0.05) is 24.8 Å². The highest BCUT2D eigenvalue weighted by atomic mass is 32.2. The number of hydrogen-bond acceptors (Lipinski definition) is 6. The third-order valence-corrected chi connectivity index (χ3v) is 7.30. The maximum atomic E-state index is 13.4. The SMILES string of the molecule is CCc1c(C)sc2nc(SCC(=O)Nc3cccc(F)c3)n(CC3CCCO3)c(=O)c12. The van der Waals surface area contributed by atoms with Gasteiger partial charge >= 0.3 is 0 Å². The highest BCUT2D eigenvalue weighted by molar-refractivity contribution is 7.99. The number of benzene rings is 1. The van der Waals surface area contributed by atoms with E-state index in [0.717, 1.165) is 29.7 Å². The molecule has 31 heavy (non-hydrogen) atoms. The molecule has 1 N–H and O–H groups in total. The molecule has 1 unspecified atom stereocenters. The number of rotatable bonds is 7. The van der Waals surface area contributed by atoms with Crippen LogP contribution in [-0.4, -0.2) is 33.9 Å². The van der Waals surface area contributed by atoms with Gasteiger partial charge in [-0.3, -0.25) is 14.2 Å². The van der Waals surface area contributed by atoms with Crippen LogP contribution in [0.2, 0.25) is 0 Å². The second kappa shape index (κ2) is 9.50. The first-order valence-corrected chi connectivity index (χ1v) is 12.1. The number of ether oxygens (including phenoxy) is 1. The molecule has 9 heteroatoms. The molecule has 1 fully saturated rings. The number of thioether (sulfide) groups is 1. The standard InChI is InChI=1S/C22H24FN3O3S2/c1-3-17-13(2)31-20-19(17)21(28)26(11-16-8-5-9-29-16)22(25-20)30-12-18(27)24-15-7-4-6-14(23)10-15/h4,6-7,10,16H,3,5,8-9,11-12H2,1-2H3,(H,24,27). The number of fused-ring (bicyclic) bond motifs is 1. The van der Waals surface area contributed by atoms with Crippen molar-refractivity contribution >= 4 is 44.9 Å². The summed E-state index contributed by atoms with van der Waals surface area (Å²) in [6.07, 6.45) is 2.62. The molecular weight excluding hydrogens is 437 g/mol. The van der Waals surface area contributed by atoms with Crippen molar-refractivity contribution in [3.63, 3.8) is 0 Å². The number of halogens is 1. The fourth-order valence-corrected chi connectivity index (χ4v) is 5.78. The predicted octanol–water partition coefficient (Wildman–Crippen LogP) is 4.38. The van der Waals surface area contributed by atoms with Crippen molar-refractivity contribution in [3.05, 3.63) is 50.9 Å². The smallest absolute Gasteiger partial charge is 0.263 e. The monoisotopic (exact) mass is 461 g/mol. The van der Waals surface area contributed by atoms with Gasteiger partial charge in [0.1, 0.15) is 10.6 Å². The Morgan fingerprint density at radius 2 is 2.29 bits per heavy atom. The van der Waals surface area contributed by atoms with Gasteiger partial charge in [-0.15, -0.1) is 11.3 Å². The minimum Gasteiger partial charge on any atom is -0.376 e. The summed E-state index contributed by atoms with van der Waals surface area (Å²) in [6, 6.07) is 5.75. The lowest BCUT2D eigenvalue weighted by Crippen LogP contribution is -2.29. The van der Waals surface area contributed by atoms with Gasteiger partial charge in [0.15, 0.2) is 5.16 Å². The minimum atomic E-state index is -0.414. The van der Waals surface area contributed by atoms with Gasteiger partial charge < -0.3 is 10.1 Å². The number of anilines is 1. The number of carbonyl (C=O) groups excluding carboxylic acids is 1. The van der Waals surface area contributed by atoms with Crippen molar-refractivity contribution < 1.29 is 13.9 Å². The van der Waals surface area contributed by atoms with Crippen LogP contribution in [-0.2, 0) is 22.5 Å². The first kappa shape index (κ1) is 22.0. The van der Waals surface area contributed by atoms with Crippen molar-refractivity contribution in [2.24, 2.45) is 0 Å². The van der Waals surface area contributed by atoms with Crippen molar-refractivity contribution in [2.45, 2.75) is 50.9 Å². The van der Waals surface area contributed by atoms with E-state index in [-0.39, 0.29) is 23.3 Å². The molecule has 1 aliphatic heterocycles. The van der Waals surface area contributed by atoms with E-state index < -0.39 is 5.82 Å². The van der Waals surface area contributed by atoms with Crippen molar-refractivity contribution in [3.8, 4) is 0 Å². The topological polar surface area (TPSA) is 73.2 Å². The number of aryl methyl sites for hydroxylation is 2. The zero-order valence-electron chi connectivity index (χ0n) is 17.4. The lowest BCUT2D eigenvalue weighted by Gasteiger charge is -2.16. The number of nitrogens with zero attached hydrogens (tertiary/aromatic N) is 2. The van der Waals surface area contributed by atoms with Crippen molar-refractivity contribution in [1.29, 1.82) is 0 Å². The van der Waals surface area contributed by atoms with Gasteiger partial charge in [-0.05, 0) is 49.9 Å². The van der Waals surface area contributed by atoms with Crippen LogP contribution in [0.1, 0.15) is 30.2 Å². The van der Waals surface area contributed by atoms with Crippen LogP contribution in [0.15, 0.2) is 34.2 Å². The summed E-state index contributed by atoms with van der Waals surface area (Å²) in [4.78, 5) is 32.4. The van der Waals surface area contributed by atoms with Crippen LogP contribution >= 0.6 is 23.1 Å². The number of amides is 1. The van der Waals surface area contributed by atoms with E-state index in [0.29, 0.717) is 34.2 Å². The van der Waals surface area contributed by atoms with Crippen LogP contribution in [0.5, 0.6) is 0 Å². The number of aromatic nitrogens is 2. The molecule has 0 spiro atoms. The van der Waals surface area contributed by atoms with E-state index >= 15 is 0 Å². The second-order valence-corrected chi connectivity index (χ2v) is 9.61. The Morgan fingerprint density at radius 1 is 1.45 bits per heavy atom. The molecule has 6 nitrogen and oxygen atoms in total. The summed E-state index contributed by atoms with van der Waals surface area (Å²) < 4.78 is 20.8. The van der Waals surface area contributed by atoms with Gasteiger partial charge in [0.05, 0.1) is 23.8 Å². The van der Waals surface area contributed by atoms with Gasteiger partial charge in [-0.25, -0.2) is 9.37 Å². The zero-order valence-corrected chi connectivity index (χ0v) is 19.1. The first-order chi connectivity index (χ1) is 15.0. The zero-order chi connectivity index (χ0) is 22.0. The van der Waals surface area contributed by atoms with Gasteiger partial charge in [0, 0.05) is 17.2 Å². The minimum absolute atomic E-state index is 0.0257. The molecule has 2 aromatic heterocycles. The molecule has 164 valence electrons. The molecule has 4 rings (SSSR count). The first-order valence-electron chi connectivity index (χ1n) is 10.3. The maximum absolute atomic E-state index is 13.4. The van der Waals surface area contributed by atoms with Crippen LogP contribution in [0, 0.1) is 12.7 Å². The Morgan fingerprint density at radius 3 is 3.00 bits per heavy atom. The molecule has 1 aliphatic rings. The van der Waals surface area contributed by atoms with Gasteiger partial charge in [0.25, 0.3) is 5.56 Å². The molecule has 3 heterocycles. The van der Waals surface area contributed by atoms with Crippen LogP contribution in [0.4, 0.5) is 10.1 Å². The summed E-state index contributed by atoms with van der Waals surface area (Å²) in [7, 11) is 0. The van der Waals surface area contributed by atoms with Crippen LogP contribution in [0.25, 0.3) is 10.2 Å². The molecule has 1 amide bonds. The molecule has 0 saturated carbocycles. The molecule has 3 aromatic rings. The number of thiophene rings is 1. The van der Waals surface area contributed by atoms with E-state index in [1.54, 1.807) is 10.6 Å². The summed E-state index contributed by atoms with van der Waals surface area (Å²) in [6.45, 7) is 5.17. The van der Waals surface area contributed by atoms with Crippen LogP contribution in [0.3, 0.4) is 0 Å². The summed E-state index contributed by atoms with van der Waals surface area (Å²) in [5.41, 5.74) is 1.36. The Labute approximate surface area is 187 Å². The molecule has 1 aromatic carbocycles. The van der Waals surface area contributed by atoms with E-state index in [9.17, 15) is 14.0 Å². The van der Waals surface area contributed by atoms with E-state index in [1.165, 1.54) is 41.3 Å². The lowest BCUT2D eigenvalue weighted by molar-refractivity contribution is -0.113. The van der Waals surface area contributed by atoms with E-state index in [4.69, 9.17) is 9.72 Å². The quantitative estimate of drug-likeness (QED) is 0.418. The normalized spacial score (nSPS) is 16.2. The molecule has 0 radical (unpaired) electrons. The Kier molecular flexibility index (Phi) is 6.74. The number of nitrogens with one attached hydrogen (secondary N) is 1. The summed E-state index contributed by atoms with van der Waals surface area (Å²) >= 11 is 2.72. The van der Waals surface area contributed by atoms with E-state index in [2.05, 4.69) is 5.32 Å².